The van der Waals surface area contributed by atoms with Crippen LogP contribution in [0.4, 0.5) is 4.79 Å². The average molecular weight is 410 g/mol. The van der Waals surface area contributed by atoms with E-state index in [2.05, 4.69) is 17.1 Å². The predicted octanol–water partition coefficient (Wildman–Crippen LogP) is 1.75. The maximum absolute atomic E-state index is 11.7. The lowest BCUT2D eigenvalue weighted by molar-refractivity contribution is 0.0914. The van der Waals surface area contributed by atoms with Crippen molar-refractivity contribution in [3.63, 3.8) is 0 Å². The summed E-state index contributed by atoms with van der Waals surface area (Å²) in [4.78, 5) is 20.4. The Bertz CT molecular complexity index is 353. The zero-order valence-corrected chi connectivity index (χ0v) is 15.3. The van der Waals surface area contributed by atoms with Crippen LogP contribution in [0.25, 0.3) is 0 Å². The first-order valence-electron chi connectivity index (χ1n) is 7.69. The van der Waals surface area contributed by atoms with Crippen molar-refractivity contribution in [1.29, 1.82) is 0 Å². The first kappa shape index (κ1) is 18.3. The number of piperazine rings is 1. The van der Waals surface area contributed by atoms with Crippen molar-refractivity contribution < 1.29 is 9.53 Å². The second-order valence-corrected chi connectivity index (χ2v) is 5.31. The second-order valence-electron chi connectivity index (χ2n) is 5.31. The Kier molecular flexibility index (Phi) is 8.13. The molecule has 0 unspecified atom stereocenters. The van der Waals surface area contributed by atoms with Gasteiger partial charge in [0.05, 0.1) is 6.61 Å². The molecule has 1 aliphatic heterocycles. The molecule has 1 saturated heterocycles. The van der Waals surface area contributed by atoms with Crippen LogP contribution in [0.2, 0.25) is 0 Å². The van der Waals surface area contributed by atoms with Gasteiger partial charge < -0.3 is 19.9 Å². The summed E-state index contributed by atoms with van der Waals surface area (Å²) < 4.78 is 5.03. The molecule has 0 atom stereocenters. The van der Waals surface area contributed by atoms with Crippen molar-refractivity contribution >= 4 is 36.0 Å². The monoisotopic (exact) mass is 410 g/mol. The van der Waals surface area contributed by atoms with E-state index < -0.39 is 0 Å². The average Bonchev–Trinajstić information content (AvgIpc) is 3.28. The minimum atomic E-state index is -0.202. The summed E-state index contributed by atoms with van der Waals surface area (Å²) >= 11 is 0. The fraction of sp³-hybridized carbons (Fsp3) is 0.857. The summed E-state index contributed by atoms with van der Waals surface area (Å²) in [5.41, 5.74) is 0. The van der Waals surface area contributed by atoms with Gasteiger partial charge in [-0.1, -0.05) is 0 Å². The molecule has 1 amide bonds. The lowest BCUT2D eigenvalue weighted by atomic mass is 10.3. The third-order valence-electron chi connectivity index (χ3n) is 3.64. The van der Waals surface area contributed by atoms with Crippen molar-refractivity contribution in [3.8, 4) is 0 Å². The van der Waals surface area contributed by atoms with Crippen molar-refractivity contribution in [2.75, 3.05) is 45.9 Å². The van der Waals surface area contributed by atoms with Gasteiger partial charge in [-0.3, -0.25) is 4.99 Å². The second kappa shape index (κ2) is 9.32. The quantitative estimate of drug-likeness (QED) is 0.436. The van der Waals surface area contributed by atoms with E-state index in [1.807, 2.05) is 6.92 Å². The van der Waals surface area contributed by atoms with E-state index >= 15 is 0 Å². The molecule has 2 fully saturated rings. The number of hydrogen-bond donors (Lipinski definition) is 1. The smallest absolute Gasteiger partial charge is 0.409 e. The number of aliphatic imine (C=N–C) groups is 1. The predicted molar refractivity (Wildman–Crippen MR) is 94.3 cm³/mol. The molecule has 1 N–H and O–H groups in total. The fourth-order valence-corrected chi connectivity index (χ4v) is 2.26. The van der Waals surface area contributed by atoms with Gasteiger partial charge in [-0.25, -0.2) is 4.79 Å². The largest absolute Gasteiger partial charge is 0.450 e. The highest BCUT2D eigenvalue weighted by Crippen LogP contribution is 2.28. The van der Waals surface area contributed by atoms with Crippen LogP contribution >= 0.6 is 24.0 Å². The molecular formula is C14H27IN4O2. The van der Waals surface area contributed by atoms with Crippen LogP contribution in [0.5, 0.6) is 0 Å². The van der Waals surface area contributed by atoms with Crippen LogP contribution in [0.15, 0.2) is 4.99 Å². The molecule has 0 spiro atoms. The molecule has 0 aromatic heterocycles. The van der Waals surface area contributed by atoms with E-state index in [9.17, 15) is 4.79 Å². The number of nitrogens with zero attached hydrogens (tertiary/aromatic N) is 3. The minimum absolute atomic E-state index is 0. The van der Waals surface area contributed by atoms with Gasteiger partial charge in [0.2, 0.25) is 0 Å². The molecular weight excluding hydrogens is 383 g/mol. The molecule has 0 aromatic rings. The minimum Gasteiger partial charge on any atom is -0.450 e. The summed E-state index contributed by atoms with van der Waals surface area (Å²) in [6.45, 7) is 9.19. The maximum Gasteiger partial charge on any atom is 0.409 e. The molecule has 0 aromatic carbocycles. The van der Waals surface area contributed by atoms with Gasteiger partial charge in [0, 0.05) is 39.3 Å². The first-order chi connectivity index (χ1) is 9.74. The van der Waals surface area contributed by atoms with E-state index in [1.54, 1.807) is 4.90 Å². The molecule has 1 saturated carbocycles. The molecule has 1 aliphatic carbocycles. The van der Waals surface area contributed by atoms with Gasteiger partial charge in [0.15, 0.2) is 5.96 Å². The highest BCUT2D eigenvalue weighted by atomic mass is 127. The lowest BCUT2D eigenvalue weighted by Gasteiger charge is -2.35. The number of amides is 1. The number of nitrogens with one attached hydrogen (secondary N) is 1. The number of hydrogen-bond acceptors (Lipinski definition) is 3. The Morgan fingerprint density at radius 1 is 1.19 bits per heavy atom. The van der Waals surface area contributed by atoms with Crippen molar-refractivity contribution in [1.82, 2.24) is 15.1 Å². The Balaban J connectivity index is 0.00000220. The molecule has 7 heteroatoms. The normalized spacial score (nSPS) is 19.0. The number of carbonyl (C=O) groups is 1. The van der Waals surface area contributed by atoms with E-state index in [4.69, 9.17) is 9.73 Å². The molecule has 1 heterocycles. The molecule has 21 heavy (non-hydrogen) atoms. The van der Waals surface area contributed by atoms with Crippen molar-refractivity contribution in [2.45, 2.75) is 26.7 Å². The van der Waals surface area contributed by atoms with E-state index in [0.717, 1.165) is 38.1 Å². The van der Waals surface area contributed by atoms with Gasteiger partial charge in [-0.05, 0) is 32.6 Å². The van der Waals surface area contributed by atoms with Crippen LogP contribution in [0.3, 0.4) is 0 Å². The Labute approximate surface area is 144 Å². The summed E-state index contributed by atoms with van der Waals surface area (Å²) in [5.74, 6) is 1.78. The molecule has 0 bridgehead atoms. The fourth-order valence-electron chi connectivity index (χ4n) is 2.26. The van der Waals surface area contributed by atoms with Crippen LogP contribution in [-0.2, 0) is 4.74 Å². The highest BCUT2D eigenvalue weighted by molar-refractivity contribution is 14.0. The lowest BCUT2D eigenvalue weighted by Crippen LogP contribution is -2.54. The SMILES string of the molecule is CCNC(=NCC1CC1)N1CCN(C(=O)OCC)CC1.I. The van der Waals surface area contributed by atoms with Gasteiger partial charge in [0.1, 0.15) is 0 Å². The Morgan fingerprint density at radius 2 is 1.81 bits per heavy atom. The van der Waals surface area contributed by atoms with E-state index in [-0.39, 0.29) is 30.1 Å². The third-order valence-corrected chi connectivity index (χ3v) is 3.64. The zero-order chi connectivity index (χ0) is 14.4. The topological polar surface area (TPSA) is 57.2 Å². The molecule has 2 aliphatic rings. The summed E-state index contributed by atoms with van der Waals surface area (Å²) in [6, 6.07) is 0. The number of halogens is 1. The third kappa shape index (κ3) is 5.88. The van der Waals surface area contributed by atoms with Crippen molar-refractivity contribution in [3.05, 3.63) is 0 Å². The van der Waals surface area contributed by atoms with Gasteiger partial charge in [-0.15, -0.1) is 24.0 Å². The number of guanidine groups is 1. The van der Waals surface area contributed by atoms with E-state index in [1.165, 1.54) is 12.8 Å². The Morgan fingerprint density at radius 3 is 2.33 bits per heavy atom. The van der Waals surface area contributed by atoms with Gasteiger partial charge >= 0.3 is 6.09 Å². The van der Waals surface area contributed by atoms with Crippen LogP contribution in [-0.4, -0.2) is 67.7 Å². The first-order valence-corrected chi connectivity index (χ1v) is 7.69. The highest BCUT2D eigenvalue weighted by Gasteiger charge is 2.25. The molecule has 2 rings (SSSR count). The molecule has 0 radical (unpaired) electrons. The Hall–Kier alpha value is -0.730. The van der Waals surface area contributed by atoms with Crippen LogP contribution in [0.1, 0.15) is 26.7 Å². The van der Waals surface area contributed by atoms with Crippen molar-refractivity contribution in [2.24, 2.45) is 10.9 Å². The number of rotatable bonds is 4. The van der Waals surface area contributed by atoms with Gasteiger partial charge in [0.25, 0.3) is 0 Å². The van der Waals surface area contributed by atoms with E-state index in [0.29, 0.717) is 19.7 Å². The maximum atomic E-state index is 11.7. The molecule has 6 nitrogen and oxygen atoms in total. The zero-order valence-electron chi connectivity index (χ0n) is 13.0. The van der Waals surface area contributed by atoms with Gasteiger partial charge in [-0.2, -0.15) is 0 Å². The molecule has 122 valence electrons. The standard InChI is InChI=1S/C14H26N4O2.HI/c1-3-15-13(16-11-12-5-6-12)17-7-9-18(10-8-17)14(19)20-4-2;/h12H,3-11H2,1-2H3,(H,15,16);1H. The summed E-state index contributed by atoms with van der Waals surface area (Å²) in [5, 5.41) is 3.35. The van der Waals surface area contributed by atoms with Crippen LogP contribution in [0, 0.1) is 5.92 Å². The van der Waals surface area contributed by atoms with Crippen LogP contribution < -0.4 is 5.32 Å². The summed E-state index contributed by atoms with van der Waals surface area (Å²) in [6.07, 6.45) is 2.44. The number of carbonyl (C=O) groups excluding carboxylic acids is 1. The summed E-state index contributed by atoms with van der Waals surface area (Å²) in [7, 11) is 0. The number of ether oxygens (including phenoxy) is 1.